The fourth-order valence-corrected chi connectivity index (χ4v) is 3.55. The van der Waals surface area contributed by atoms with E-state index in [1.54, 1.807) is 12.1 Å². The molecule has 1 aromatic heterocycles. The van der Waals surface area contributed by atoms with E-state index >= 15 is 0 Å². The number of aryl methyl sites for hydroxylation is 1. The summed E-state index contributed by atoms with van der Waals surface area (Å²) < 4.78 is 21.8. The van der Waals surface area contributed by atoms with Crippen LogP contribution in [0.25, 0.3) is 0 Å². The summed E-state index contributed by atoms with van der Waals surface area (Å²) in [6, 6.07) is 11.4. The standard InChI is InChI=1S/C23H21IN2O7/c1-13-9-14(24)6-7-16(13)25-21(27)12-33-23(29)15-10-19(30-2)20(31-3)11-17(15)26-22(28)18-5-4-8-32-18/h4-11H,12H2,1-3H3,(H,25,27)(H,26,28). The van der Waals surface area contributed by atoms with Gasteiger partial charge in [-0.15, -0.1) is 0 Å². The molecule has 0 spiro atoms. The number of nitrogens with one attached hydrogen (secondary N) is 2. The van der Waals surface area contributed by atoms with Crippen LogP contribution in [0.15, 0.2) is 53.1 Å². The quantitative estimate of drug-likeness (QED) is 0.310. The van der Waals surface area contributed by atoms with Crippen LogP contribution in [0, 0.1) is 10.5 Å². The van der Waals surface area contributed by atoms with Crippen LogP contribution in [0.5, 0.6) is 11.5 Å². The van der Waals surface area contributed by atoms with E-state index in [4.69, 9.17) is 18.6 Å². The largest absolute Gasteiger partial charge is 0.493 e. The molecular weight excluding hydrogens is 543 g/mol. The van der Waals surface area contributed by atoms with Crippen molar-refractivity contribution >= 4 is 51.7 Å². The van der Waals surface area contributed by atoms with E-state index < -0.39 is 24.4 Å². The molecule has 10 heteroatoms. The molecule has 0 fully saturated rings. The van der Waals surface area contributed by atoms with Gasteiger partial charge < -0.3 is 29.3 Å². The highest BCUT2D eigenvalue weighted by atomic mass is 127. The highest BCUT2D eigenvalue weighted by Gasteiger charge is 2.22. The second kappa shape index (κ2) is 10.9. The van der Waals surface area contributed by atoms with Gasteiger partial charge in [-0.1, -0.05) is 0 Å². The lowest BCUT2D eigenvalue weighted by Gasteiger charge is -2.15. The lowest BCUT2D eigenvalue weighted by molar-refractivity contribution is -0.119. The van der Waals surface area contributed by atoms with Crippen LogP contribution in [-0.4, -0.2) is 38.6 Å². The zero-order valence-electron chi connectivity index (χ0n) is 18.1. The van der Waals surface area contributed by atoms with Crippen LogP contribution >= 0.6 is 22.6 Å². The Morgan fingerprint density at radius 1 is 0.970 bits per heavy atom. The number of hydrogen-bond donors (Lipinski definition) is 2. The Morgan fingerprint density at radius 2 is 1.70 bits per heavy atom. The monoisotopic (exact) mass is 564 g/mol. The van der Waals surface area contributed by atoms with Crippen molar-refractivity contribution in [1.82, 2.24) is 0 Å². The Bertz CT molecular complexity index is 1180. The van der Waals surface area contributed by atoms with Gasteiger partial charge in [0.05, 0.1) is 31.7 Å². The van der Waals surface area contributed by atoms with E-state index in [0.717, 1.165) is 9.13 Å². The lowest BCUT2D eigenvalue weighted by Crippen LogP contribution is -2.22. The Labute approximate surface area is 203 Å². The van der Waals surface area contributed by atoms with Gasteiger partial charge in [0.1, 0.15) is 0 Å². The fraction of sp³-hybridized carbons (Fsp3) is 0.174. The number of amides is 2. The molecule has 33 heavy (non-hydrogen) atoms. The van der Waals surface area contributed by atoms with Crippen LogP contribution in [0.1, 0.15) is 26.5 Å². The van der Waals surface area contributed by atoms with Crippen molar-refractivity contribution in [1.29, 1.82) is 0 Å². The average Bonchev–Trinajstić information content (AvgIpc) is 3.34. The Balaban J connectivity index is 1.77. The molecule has 1 heterocycles. The minimum atomic E-state index is -0.833. The summed E-state index contributed by atoms with van der Waals surface area (Å²) in [5.41, 5.74) is 1.58. The number of ether oxygens (including phenoxy) is 3. The SMILES string of the molecule is COc1cc(NC(=O)c2ccco2)c(C(=O)OCC(=O)Nc2ccc(I)cc2C)cc1OC. The third-order valence-electron chi connectivity index (χ3n) is 4.53. The van der Waals surface area contributed by atoms with Crippen molar-refractivity contribution < 1.29 is 33.0 Å². The molecule has 0 bridgehead atoms. The normalized spacial score (nSPS) is 10.3. The van der Waals surface area contributed by atoms with Gasteiger partial charge in [-0.3, -0.25) is 9.59 Å². The maximum absolute atomic E-state index is 12.8. The molecule has 0 atom stereocenters. The molecular formula is C23H21IN2O7. The van der Waals surface area contributed by atoms with Crippen LogP contribution in [0.3, 0.4) is 0 Å². The topological polar surface area (TPSA) is 116 Å². The molecule has 2 aromatic carbocycles. The molecule has 0 aliphatic rings. The third-order valence-corrected chi connectivity index (χ3v) is 5.20. The second-order valence-corrected chi connectivity index (χ2v) is 8.01. The second-order valence-electron chi connectivity index (χ2n) is 6.77. The van der Waals surface area contributed by atoms with Crippen molar-refractivity contribution in [2.24, 2.45) is 0 Å². The number of anilines is 2. The molecule has 0 aliphatic heterocycles. The molecule has 0 aliphatic carbocycles. The van der Waals surface area contributed by atoms with E-state index in [9.17, 15) is 14.4 Å². The summed E-state index contributed by atoms with van der Waals surface area (Å²) in [7, 11) is 2.83. The van der Waals surface area contributed by atoms with Gasteiger partial charge in [0.2, 0.25) is 0 Å². The summed E-state index contributed by atoms with van der Waals surface area (Å²) in [5.74, 6) is -1.32. The molecule has 172 valence electrons. The number of esters is 1. The smallest absolute Gasteiger partial charge is 0.340 e. The molecule has 2 amide bonds. The number of halogens is 1. The van der Waals surface area contributed by atoms with Gasteiger partial charge in [0.15, 0.2) is 23.9 Å². The predicted molar refractivity (Wildman–Crippen MR) is 129 cm³/mol. The number of carbonyl (C=O) groups excluding carboxylic acids is 3. The van der Waals surface area contributed by atoms with E-state index in [0.29, 0.717) is 5.69 Å². The first-order valence-corrected chi connectivity index (χ1v) is 10.7. The Hall–Kier alpha value is -3.54. The van der Waals surface area contributed by atoms with Crippen molar-refractivity contribution in [3.05, 3.63) is 69.2 Å². The Morgan fingerprint density at radius 3 is 2.33 bits per heavy atom. The van der Waals surface area contributed by atoms with Crippen LogP contribution in [-0.2, 0) is 9.53 Å². The van der Waals surface area contributed by atoms with Crippen molar-refractivity contribution in [3.8, 4) is 11.5 Å². The van der Waals surface area contributed by atoms with E-state index in [1.807, 2.05) is 19.1 Å². The molecule has 3 aromatic rings. The van der Waals surface area contributed by atoms with Crippen molar-refractivity contribution in [2.75, 3.05) is 31.5 Å². The number of furan rings is 1. The van der Waals surface area contributed by atoms with E-state index in [2.05, 4.69) is 33.2 Å². The van der Waals surface area contributed by atoms with Crippen molar-refractivity contribution in [2.45, 2.75) is 6.92 Å². The molecule has 0 saturated carbocycles. The number of rotatable bonds is 8. The van der Waals surface area contributed by atoms with Crippen LogP contribution < -0.4 is 20.1 Å². The zero-order valence-corrected chi connectivity index (χ0v) is 20.2. The predicted octanol–water partition coefficient (Wildman–Crippen LogP) is 4.26. The summed E-state index contributed by atoms with van der Waals surface area (Å²) in [6.45, 7) is 1.34. The molecule has 0 saturated heterocycles. The van der Waals surface area contributed by atoms with Gasteiger partial charge in [-0.25, -0.2) is 4.79 Å². The average molecular weight is 564 g/mol. The molecule has 0 unspecified atom stereocenters. The third kappa shape index (κ3) is 6.04. The number of methoxy groups -OCH3 is 2. The number of hydrogen-bond acceptors (Lipinski definition) is 7. The summed E-state index contributed by atoms with van der Waals surface area (Å²) in [4.78, 5) is 37.5. The van der Waals surface area contributed by atoms with Gasteiger partial charge in [0, 0.05) is 21.4 Å². The van der Waals surface area contributed by atoms with E-state index in [1.165, 1.54) is 38.7 Å². The first-order valence-electron chi connectivity index (χ1n) is 9.66. The summed E-state index contributed by atoms with van der Waals surface area (Å²) in [6.07, 6.45) is 1.35. The van der Waals surface area contributed by atoms with Crippen molar-refractivity contribution in [3.63, 3.8) is 0 Å². The fourth-order valence-electron chi connectivity index (χ4n) is 2.91. The molecule has 9 nitrogen and oxygen atoms in total. The van der Waals surface area contributed by atoms with Crippen LogP contribution in [0.2, 0.25) is 0 Å². The summed E-state index contributed by atoms with van der Waals surface area (Å²) >= 11 is 2.18. The van der Waals surface area contributed by atoms with E-state index in [-0.39, 0.29) is 28.5 Å². The minimum absolute atomic E-state index is 0.0224. The number of benzene rings is 2. The molecule has 0 radical (unpaired) electrons. The molecule has 3 rings (SSSR count). The number of carbonyl (C=O) groups is 3. The first kappa shape index (κ1) is 24.1. The maximum Gasteiger partial charge on any atom is 0.340 e. The first-order chi connectivity index (χ1) is 15.8. The van der Waals surface area contributed by atoms with Crippen LogP contribution in [0.4, 0.5) is 11.4 Å². The highest BCUT2D eigenvalue weighted by Crippen LogP contribution is 2.34. The Kier molecular flexibility index (Phi) is 7.93. The molecule has 2 N–H and O–H groups in total. The van der Waals surface area contributed by atoms with Gasteiger partial charge in [-0.2, -0.15) is 0 Å². The minimum Gasteiger partial charge on any atom is -0.493 e. The van der Waals surface area contributed by atoms with Gasteiger partial charge in [0.25, 0.3) is 11.8 Å². The lowest BCUT2D eigenvalue weighted by atomic mass is 10.1. The van der Waals surface area contributed by atoms with Gasteiger partial charge in [-0.05, 0) is 65.4 Å². The highest BCUT2D eigenvalue weighted by molar-refractivity contribution is 14.1. The summed E-state index contributed by atoms with van der Waals surface area (Å²) in [5, 5.41) is 5.29. The van der Waals surface area contributed by atoms with Gasteiger partial charge >= 0.3 is 5.97 Å². The zero-order chi connectivity index (χ0) is 24.0. The maximum atomic E-state index is 12.8.